The van der Waals surface area contributed by atoms with Gasteiger partial charge in [0.15, 0.2) is 0 Å². The minimum absolute atomic E-state index is 0.0327. The topological polar surface area (TPSA) is 449 Å². The average molecular weight is 1380 g/mol. The van der Waals surface area contributed by atoms with Crippen molar-refractivity contribution in [1.29, 1.82) is 0 Å². The molecular weight excluding hydrogens is 1260 g/mol. The maximum absolute atomic E-state index is 12.7. The van der Waals surface area contributed by atoms with E-state index in [1.165, 1.54) is 19.4 Å². The Kier molecular flexibility index (Phi) is 25.5. The number of hydrogen-bond acceptors (Lipinski definition) is 26. The number of aliphatic hydroxyl groups excluding tert-OH is 18. The quantitative estimate of drug-likeness (QED) is 0.0467. The van der Waals surface area contributed by atoms with Gasteiger partial charge in [-0.3, -0.25) is 0 Å². The Morgan fingerprint density at radius 1 is 0.562 bits per heavy atom. The molecule has 0 spiro atoms. The van der Waals surface area contributed by atoms with Crippen molar-refractivity contribution >= 4 is 0 Å². The second kappa shape index (κ2) is 30.4. The molecule has 2 aliphatic heterocycles. The zero-order chi connectivity index (χ0) is 71.7. The molecule has 17 unspecified atom stereocenters. The Bertz CT molecular complexity index is 2540. The third-order valence-corrected chi connectivity index (χ3v) is 26.0. The van der Waals surface area contributed by atoms with Crippen LogP contribution in [0.3, 0.4) is 0 Å². The Morgan fingerprint density at radius 2 is 1.09 bits per heavy atom. The standard InChI is InChI=1S/C70H124O26/c1-33(14-18-47(64(6,7)89)93-32-69(12)62(96-67(10)23-37(25-72)49(76)55(82)60(67)87)57(84)52(79)44(95-69)28-91-31-68(11)61(88)56(83)51(78)43(26-73)94-68)34(2)39-20-45(74)70(13)40(35(39)3)15-16-41-42(70)17-19-46(63(41,4)5)92-30-66(9)22-38(50(77)54(81)59(66)86)27-90-29-65(8)21-36(24-71)48(75)53(80)58(65)85/h16,33-40,42-62,71-89H,14-15,17-32H2,1-13H3/t33?,34-,35-,36?,37?,38?,39?,40?,42?,43?,44?,45?,46?,47?,48+,49-,50+,51-,52-,53+,54+,55?,56?,57?,58?,59?,60+,61+,62+,65-,66-,67-,68+,69+,70-/m0/s1. The van der Waals surface area contributed by atoms with Gasteiger partial charge in [-0.2, -0.15) is 0 Å². The molecule has 26 heteroatoms. The van der Waals surface area contributed by atoms with E-state index < -0.39 is 204 Å². The molecule has 26 nitrogen and oxygen atoms in total. The molecule has 2 saturated heterocycles. The summed E-state index contributed by atoms with van der Waals surface area (Å²) in [5, 5.41) is 209. The molecule has 19 N–H and O–H groups in total. The summed E-state index contributed by atoms with van der Waals surface area (Å²) in [4.78, 5) is 0. The second-order valence-electron chi connectivity index (χ2n) is 33.9. The summed E-state index contributed by atoms with van der Waals surface area (Å²) in [7, 11) is 0. The number of rotatable bonds is 25. The molecule has 8 aliphatic rings. The van der Waals surface area contributed by atoms with E-state index >= 15 is 0 Å². The van der Waals surface area contributed by atoms with Crippen molar-refractivity contribution in [2.75, 3.05) is 59.5 Å². The number of fused-ring (bicyclic) bond motifs is 3. The zero-order valence-corrected chi connectivity index (χ0v) is 58.9. The molecule has 0 aromatic carbocycles. The van der Waals surface area contributed by atoms with Crippen LogP contribution < -0.4 is 0 Å². The van der Waals surface area contributed by atoms with Crippen molar-refractivity contribution in [3.05, 3.63) is 11.6 Å². The van der Waals surface area contributed by atoms with Crippen LogP contribution in [0.25, 0.3) is 0 Å². The van der Waals surface area contributed by atoms with Gasteiger partial charge >= 0.3 is 0 Å². The monoisotopic (exact) mass is 1380 g/mol. The summed E-state index contributed by atoms with van der Waals surface area (Å²) in [6.45, 7) is 21.5. The Hall–Kier alpha value is -1.30. The smallest absolute Gasteiger partial charge is 0.118 e. The van der Waals surface area contributed by atoms with E-state index in [2.05, 4.69) is 47.6 Å². The first-order valence-corrected chi connectivity index (χ1v) is 35.4. The molecule has 35 atom stereocenters. The van der Waals surface area contributed by atoms with Crippen LogP contribution in [0.4, 0.5) is 0 Å². The van der Waals surface area contributed by atoms with E-state index in [0.717, 1.165) is 12.8 Å². The fourth-order valence-electron chi connectivity index (χ4n) is 19.1. The van der Waals surface area contributed by atoms with Crippen LogP contribution in [0.5, 0.6) is 0 Å². The minimum Gasteiger partial charge on any atom is -0.396 e. The van der Waals surface area contributed by atoms with Crippen LogP contribution in [0.2, 0.25) is 0 Å². The predicted octanol–water partition coefficient (Wildman–Crippen LogP) is -1.42. The maximum atomic E-state index is 12.7. The van der Waals surface area contributed by atoms with E-state index in [9.17, 15) is 97.0 Å². The predicted molar refractivity (Wildman–Crippen MR) is 345 cm³/mol. The first-order chi connectivity index (χ1) is 44.5. The highest BCUT2D eigenvalue weighted by atomic mass is 16.6. The van der Waals surface area contributed by atoms with Crippen LogP contribution in [0, 0.1) is 74.9 Å². The molecule has 7 fully saturated rings. The lowest BCUT2D eigenvalue weighted by molar-refractivity contribution is -0.335. The molecule has 6 aliphatic carbocycles. The first-order valence-electron chi connectivity index (χ1n) is 35.4. The SMILES string of the molecule is CC(CCC(OC[C@@]1(C)OC(COC[C@@]2(C)OC(CO)[C@H](O)C(O)[C@H]2O)[C@H](O)C(O)[C@H]1O[C@@]1(C)CC(CO)[C@H](O)C(O)[C@H]1O)C(C)(C)O)[C@H](C)C1CC(O)[C@]2(C)C3CCC(OC[C@]4(C)CC(COC[C@]5(C)CC(CO)[C@@H](O)[C@@H](O)C5O)[C@@H](O)[C@@H](O)C4O)C(C)(C)C3=CCC2[C@H]1C. The van der Waals surface area contributed by atoms with E-state index in [1.54, 1.807) is 27.7 Å². The van der Waals surface area contributed by atoms with Crippen LogP contribution in [-0.4, -0.2) is 301 Å². The molecule has 0 radical (unpaired) electrons. The van der Waals surface area contributed by atoms with Gasteiger partial charge in [0.25, 0.3) is 0 Å². The molecular formula is C70H124O26. The lowest BCUT2D eigenvalue weighted by Gasteiger charge is -2.62. The largest absolute Gasteiger partial charge is 0.396 e. The summed E-state index contributed by atoms with van der Waals surface area (Å²) in [6, 6.07) is 0. The summed E-state index contributed by atoms with van der Waals surface area (Å²) in [6.07, 6.45) is -21.4. The maximum Gasteiger partial charge on any atom is 0.118 e. The van der Waals surface area contributed by atoms with Crippen molar-refractivity contribution in [2.45, 2.75) is 292 Å². The molecule has 8 rings (SSSR count). The van der Waals surface area contributed by atoms with Gasteiger partial charge in [0, 0.05) is 52.6 Å². The average Bonchev–Trinajstić information content (AvgIpc) is 0.714. The second-order valence-corrected chi connectivity index (χ2v) is 33.9. The van der Waals surface area contributed by atoms with Crippen LogP contribution >= 0.6 is 0 Å². The van der Waals surface area contributed by atoms with Crippen molar-refractivity contribution in [1.82, 2.24) is 0 Å². The molecule has 0 aromatic rings. The number of hydrogen-bond donors (Lipinski definition) is 19. The van der Waals surface area contributed by atoms with Gasteiger partial charge in [0.05, 0.1) is 106 Å². The Balaban J connectivity index is 0.914. The summed E-state index contributed by atoms with van der Waals surface area (Å²) < 4.78 is 44.5. The van der Waals surface area contributed by atoms with Gasteiger partial charge in [-0.1, -0.05) is 67.0 Å². The Morgan fingerprint density at radius 3 is 1.69 bits per heavy atom. The summed E-state index contributed by atoms with van der Waals surface area (Å²) in [5.74, 6) is -1.57. The molecule has 5 saturated carbocycles. The van der Waals surface area contributed by atoms with Gasteiger partial charge in [-0.05, 0) is 128 Å². The highest BCUT2D eigenvalue weighted by molar-refractivity contribution is 5.29. The van der Waals surface area contributed by atoms with Gasteiger partial charge in [-0.25, -0.2) is 0 Å². The van der Waals surface area contributed by atoms with Crippen LogP contribution in [-0.2, 0) is 33.2 Å². The molecule has 0 aromatic heterocycles. The van der Waals surface area contributed by atoms with Crippen molar-refractivity contribution in [2.24, 2.45) is 74.9 Å². The third-order valence-electron chi connectivity index (χ3n) is 26.0. The Labute approximate surface area is 566 Å². The molecule has 2 heterocycles. The van der Waals surface area contributed by atoms with Crippen molar-refractivity contribution < 1.29 is 130 Å². The highest BCUT2D eigenvalue weighted by Crippen LogP contribution is 2.64. The fourth-order valence-corrected chi connectivity index (χ4v) is 19.1. The summed E-state index contributed by atoms with van der Waals surface area (Å²) in [5.41, 5.74) is -8.32. The van der Waals surface area contributed by atoms with Crippen molar-refractivity contribution in [3.8, 4) is 0 Å². The molecule has 0 bridgehead atoms. The zero-order valence-electron chi connectivity index (χ0n) is 58.9. The lowest BCUT2D eigenvalue weighted by Crippen LogP contribution is -2.70. The third kappa shape index (κ3) is 15.3. The van der Waals surface area contributed by atoms with Crippen LogP contribution in [0.15, 0.2) is 11.6 Å². The van der Waals surface area contributed by atoms with Gasteiger partial charge in [0.1, 0.15) is 84.4 Å². The molecule has 560 valence electrons. The van der Waals surface area contributed by atoms with E-state index in [4.69, 9.17) is 33.2 Å². The first kappa shape index (κ1) is 80.4. The number of aliphatic hydroxyl groups is 19. The van der Waals surface area contributed by atoms with Gasteiger partial charge in [0.2, 0.25) is 0 Å². The summed E-state index contributed by atoms with van der Waals surface area (Å²) >= 11 is 0. The number of allylic oxidation sites excluding steroid dienone is 1. The number of ether oxygens (including phenoxy) is 7. The van der Waals surface area contributed by atoms with Crippen molar-refractivity contribution in [3.63, 3.8) is 0 Å². The highest BCUT2D eigenvalue weighted by Gasteiger charge is 2.63. The van der Waals surface area contributed by atoms with Gasteiger partial charge < -0.3 is 130 Å². The lowest BCUT2D eigenvalue weighted by atomic mass is 9.44. The van der Waals surface area contributed by atoms with E-state index in [1.807, 2.05) is 6.92 Å². The minimum atomic E-state index is -1.80. The van der Waals surface area contributed by atoms with E-state index in [-0.39, 0.29) is 93.9 Å². The van der Waals surface area contributed by atoms with E-state index in [0.29, 0.717) is 25.7 Å². The van der Waals surface area contributed by atoms with Gasteiger partial charge in [-0.15, -0.1) is 0 Å². The fraction of sp³-hybridized carbons (Fsp3) is 0.971. The molecule has 0 amide bonds. The normalized spacial score (nSPS) is 50.2. The van der Waals surface area contributed by atoms with Crippen LogP contribution in [0.1, 0.15) is 148 Å². The molecule has 96 heavy (non-hydrogen) atoms.